The molecule has 0 unspecified atom stereocenters. The molecule has 1 heteroatoms. The lowest BCUT2D eigenvalue weighted by Crippen LogP contribution is -1.96. The van der Waals surface area contributed by atoms with Crippen LogP contribution in [0.5, 0.6) is 0 Å². The van der Waals surface area contributed by atoms with E-state index in [1.54, 1.807) is 0 Å². The molecule has 14 heavy (non-hydrogen) atoms. The molecule has 0 bridgehead atoms. The first-order valence-corrected chi connectivity index (χ1v) is 5.01. The summed E-state index contributed by atoms with van der Waals surface area (Å²) in [7, 11) is 0. The first-order chi connectivity index (χ1) is 6.75. The van der Waals surface area contributed by atoms with Crippen molar-refractivity contribution in [2.45, 2.75) is 26.7 Å². The lowest BCUT2D eigenvalue weighted by atomic mass is 10.0. The topological polar surface area (TPSA) is 26.0 Å². The molecule has 0 aliphatic carbocycles. The van der Waals surface area contributed by atoms with Crippen molar-refractivity contribution in [1.82, 2.24) is 0 Å². The summed E-state index contributed by atoms with van der Waals surface area (Å²) in [5.41, 5.74) is 9.12. The maximum Gasteiger partial charge on any atom is 0.0277 e. The van der Waals surface area contributed by atoms with E-state index in [-0.39, 0.29) is 0 Å². The van der Waals surface area contributed by atoms with Crippen molar-refractivity contribution in [2.75, 3.05) is 6.54 Å². The van der Waals surface area contributed by atoms with Gasteiger partial charge in [-0.05, 0) is 44.0 Å². The van der Waals surface area contributed by atoms with Crippen LogP contribution in [0.3, 0.4) is 0 Å². The number of unbranched alkanes of at least 4 members (excludes halogenated alkanes) is 1. The van der Waals surface area contributed by atoms with Crippen molar-refractivity contribution in [3.05, 3.63) is 34.9 Å². The van der Waals surface area contributed by atoms with Gasteiger partial charge in [0.2, 0.25) is 0 Å². The van der Waals surface area contributed by atoms with Gasteiger partial charge in [0.05, 0.1) is 0 Å². The van der Waals surface area contributed by atoms with E-state index in [0.29, 0.717) is 0 Å². The molecule has 74 valence electrons. The van der Waals surface area contributed by atoms with Crippen LogP contribution in [0.15, 0.2) is 18.2 Å². The van der Waals surface area contributed by atoms with Crippen LogP contribution < -0.4 is 5.73 Å². The molecule has 0 aliphatic rings. The van der Waals surface area contributed by atoms with Gasteiger partial charge < -0.3 is 5.73 Å². The Balaban J connectivity index is 2.74. The third kappa shape index (κ3) is 2.90. The van der Waals surface area contributed by atoms with E-state index >= 15 is 0 Å². The first-order valence-electron chi connectivity index (χ1n) is 5.01. The number of hydrogen-bond acceptors (Lipinski definition) is 1. The molecule has 1 nitrogen and oxygen atoms in total. The molecule has 0 atom stereocenters. The largest absolute Gasteiger partial charge is 0.330 e. The zero-order valence-electron chi connectivity index (χ0n) is 8.93. The average Bonchev–Trinajstić information content (AvgIpc) is 2.19. The van der Waals surface area contributed by atoms with Gasteiger partial charge in [0, 0.05) is 12.0 Å². The fraction of sp³-hybridized carbons (Fsp3) is 0.385. The fourth-order valence-corrected chi connectivity index (χ4v) is 1.23. The molecule has 1 aromatic rings. The maximum absolute atomic E-state index is 5.39. The number of hydrogen-bond donors (Lipinski definition) is 1. The van der Waals surface area contributed by atoms with Crippen molar-refractivity contribution in [2.24, 2.45) is 5.73 Å². The molecule has 0 spiro atoms. The SMILES string of the molecule is Cc1cccc(C#CCCCN)c1C. The van der Waals surface area contributed by atoms with E-state index in [4.69, 9.17) is 5.73 Å². The number of nitrogens with two attached hydrogens (primary N) is 1. The zero-order chi connectivity index (χ0) is 10.4. The van der Waals surface area contributed by atoms with Gasteiger partial charge in [0.25, 0.3) is 0 Å². The molecule has 1 rings (SSSR count). The maximum atomic E-state index is 5.39. The second kappa shape index (κ2) is 5.47. The van der Waals surface area contributed by atoms with Gasteiger partial charge in [0.15, 0.2) is 0 Å². The summed E-state index contributed by atoms with van der Waals surface area (Å²) in [5.74, 6) is 6.32. The standard InChI is InChI=1S/C13H17N/c1-11-7-6-9-13(12(11)2)8-4-3-5-10-14/h6-7,9H,3,5,10,14H2,1-2H3. The lowest BCUT2D eigenvalue weighted by molar-refractivity contribution is 0.870. The van der Waals surface area contributed by atoms with Crippen LogP contribution in [0.1, 0.15) is 29.5 Å². The summed E-state index contributed by atoms with van der Waals surface area (Å²) < 4.78 is 0. The lowest BCUT2D eigenvalue weighted by Gasteiger charge is -2.00. The molecule has 1 aromatic carbocycles. The van der Waals surface area contributed by atoms with Crippen LogP contribution in [0.25, 0.3) is 0 Å². The molecule has 0 aromatic heterocycles. The Hall–Kier alpha value is -1.26. The van der Waals surface area contributed by atoms with Gasteiger partial charge in [-0.2, -0.15) is 0 Å². The average molecular weight is 187 g/mol. The highest BCUT2D eigenvalue weighted by Crippen LogP contribution is 2.10. The molecular formula is C13H17N. The molecule has 0 saturated heterocycles. The Labute approximate surface area is 86.3 Å². The number of rotatable bonds is 2. The Bertz CT molecular complexity index is 355. The zero-order valence-corrected chi connectivity index (χ0v) is 8.93. The Kier molecular flexibility index (Phi) is 4.22. The minimum Gasteiger partial charge on any atom is -0.330 e. The minimum atomic E-state index is 0.724. The third-order valence-electron chi connectivity index (χ3n) is 2.33. The molecule has 0 amide bonds. The van der Waals surface area contributed by atoms with Gasteiger partial charge in [-0.3, -0.25) is 0 Å². The van der Waals surface area contributed by atoms with Crippen LogP contribution >= 0.6 is 0 Å². The third-order valence-corrected chi connectivity index (χ3v) is 2.33. The summed E-state index contributed by atoms with van der Waals surface area (Å²) in [5, 5.41) is 0. The van der Waals surface area contributed by atoms with Crippen molar-refractivity contribution < 1.29 is 0 Å². The van der Waals surface area contributed by atoms with Gasteiger partial charge in [-0.1, -0.05) is 24.0 Å². The van der Waals surface area contributed by atoms with Gasteiger partial charge in [-0.25, -0.2) is 0 Å². The Morgan fingerprint density at radius 2 is 2.07 bits per heavy atom. The normalized spacial score (nSPS) is 9.36. The molecule has 0 aliphatic heterocycles. The van der Waals surface area contributed by atoms with Crippen LogP contribution in [-0.4, -0.2) is 6.54 Å². The smallest absolute Gasteiger partial charge is 0.0277 e. The molecule has 0 radical (unpaired) electrons. The van der Waals surface area contributed by atoms with E-state index in [1.165, 1.54) is 11.1 Å². The highest BCUT2D eigenvalue weighted by atomic mass is 14.5. The Morgan fingerprint density at radius 3 is 2.79 bits per heavy atom. The predicted molar refractivity (Wildman–Crippen MR) is 61.1 cm³/mol. The number of aryl methyl sites for hydroxylation is 1. The molecule has 0 fully saturated rings. The molecule has 0 saturated carbocycles. The van der Waals surface area contributed by atoms with Crippen LogP contribution in [-0.2, 0) is 0 Å². The highest BCUT2D eigenvalue weighted by Gasteiger charge is 1.95. The molecule has 0 heterocycles. The van der Waals surface area contributed by atoms with Crippen molar-refractivity contribution in [3.63, 3.8) is 0 Å². The van der Waals surface area contributed by atoms with Gasteiger partial charge in [0.1, 0.15) is 0 Å². The first kappa shape index (κ1) is 10.8. The van der Waals surface area contributed by atoms with E-state index in [0.717, 1.165) is 24.9 Å². The van der Waals surface area contributed by atoms with Gasteiger partial charge >= 0.3 is 0 Å². The monoisotopic (exact) mass is 187 g/mol. The van der Waals surface area contributed by atoms with Crippen molar-refractivity contribution >= 4 is 0 Å². The second-order valence-corrected chi connectivity index (χ2v) is 3.44. The van der Waals surface area contributed by atoms with E-state index in [1.807, 2.05) is 0 Å². The van der Waals surface area contributed by atoms with E-state index < -0.39 is 0 Å². The highest BCUT2D eigenvalue weighted by molar-refractivity contribution is 5.44. The summed E-state index contributed by atoms with van der Waals surface area (Å²) in [6.45, 7) is 4.95. The molecule has 2 N–H and O–H groups in total. The van der Waals surface area contributed by atoms with Crippen molar-refractivity contribution in [3.8, 4) is 11.8 Å². The second-order valence-electron chi connectivity index (χ2n) is 3.44. The summed E-state index contributed by atoms with van der Waals surface area (Å²) in [4.78, 5) is 0. The van der Waals surface area contributed by atoms with Gasteiger partial charge in [-0.15, -0.1) is 0 Å². The summed E-state index contributed by atoms with van der Waals surface area (Å²) in [6, 6.07) is 6.23. The quantitative estimate of drug-likeness (QED) is 0.558. The summed E-state index contributed by atoms with van der Waals surface area (Å²) in [6.07, 6.45) is 1.88. The van der Waals surface area contributed by atoms with Crippen molar-refractivity contribution in [1.29, 1.82) is 0 Å². The van der Waals surface area contributed by atoms with E-state index in [2.05, 4.69) is 43.9 Å². The number of benzene rings is 1. The van der Waals surface area contributed by atoms with Crippen LogP contribution in [0, 0.1) is 25.7 Å². The Morgan fingerprint density at radius 1 is 1.29 bits per heavy atom. The minimum absolute atomic E-state index is 0.724. The summed E-state index contributed by atoms with van der Waals surface area (Å²) >= 11 is 0. The fourth-order valence-electron chi connectivity index (χ4n) is 1.23. The van der Waals surface area contributed by atoms with Crippen LogP contribution in [0.4, 0.5) is 0 Å². The van der Waals surface area contributed by atoms with E-state index in [9.17, 15) is 0 Å². The predicted octanol–water partition coefficient (Wildman–Crippen LogP) is 2.39. The van der Waals surface area contributed by atoms with Crippen LogP contribution in [0.2, 0.25) is 0 Å². The molecular weight excluding hydrogens is 170 g/mol.